The Balaban J connectivity index is 1.20. The molecule has 5 rings (SSSR count). The lowest BCUT2D eigenvalue weighted by Gasteiger charge is -2.30. The van der Waals surface area contributed by atoms with Crippen LogP contribution < -0.4 is 15.0 Å². The molecule has 3 N–H and O–H groups in total. The first kappa shape index (κ1) is 34.0. The number of nitrogens with one attached hydrogen (secondary N) is 1. The van der Waals surface area contributed by atoms with Crippen molar-refractivity contribution < 1.29 is 29.3 Å². The van der Waals surface area contributed by atoms with Crippen molar-refractivity contribution in [3.63, 3.8) is 0 Å². The van der Waals surface area contributed by atoms with Gasteiger partial charge in [0, 0.05) is 70.1 Å². The maximum Gasteiger partial charge on any atom is 0.303 e. The van der Waals surface area contributed by atoms with E-state index in [1.165, 1.54) is 0 Å². The zero-order valence-electron chi connectivity index (χ0n) is 26.0. The van der Waals surface area contributed by atoms with Crippen molar-refractivity contribution in [3.8, 4) is 16.9 Å². The molecule has 0 spiro atoms. The summed E-state index contributed by atoms with van der Waals surface area (Å²) >= 11 is 7.92. The average molecular weight is 677 g/mol. The highest BCUT2D eigenvalue weighted by Crippen LogP contribution is 2.42. The van der Waals surface area contributed by atoms with Crippen LogP contribution in [0.2, 0.25) is 5.02 Å². The minimum atomic E-state index is -0.994. The second-order valence-electron chi connectivity index (χ2n) is 11.3. The van der Waals surface area contributed by atoms with E-state index in [4.69, 9.17) is 21.4 Å². The number of aliphatic hydroxyl groups is 1. The molecular weight excluding hydrogens is 640 g/mol. The minimum absolute atomic E-state index is 0.0284. The van der Waals surface area contributed by atoms with Crippen LogP contribution in [0.5, 0.6) is 5.75 Å². The van der Waals surface area contributed by atoms with E-state index in [-0.39, 0.29) is 31.2 Å². The molecule has 246 valence electrons. The van der Waals surface area contributed by atoms with Gasteiger partial charge in [-0.1, -0.05) is 41.9 Å². The number of amides is 2. The van der Waals surface area contributed by atoms with Crippen molar-refractivity contribution in [2.45, 2.75) is 50.2 Å². The predicted molar refractivity (Wildman–Crippen MR) is 182 cm³/mol. The predicted octanol–water partition coefficient (Wildman–Crippen LogP) is 5.81. The number of fused-ring (bicyclic) bond motifs is 1. The lowest BCUT2D eigenvalue weighted by molar-refractivity contribution is -0.137. The molecule has 0 saturated carbocycles. The number of rotatable bonds is 14. The zero-order chi connectivity index (χ0) is 33.3. The molecule has 12 heteroatoms. The van der Waals surface area contributed by atoms with Gasteiger partial charge in [-0.2, -0.15) is 5.10 Å². The summed E-state index contributed by atoms with van der Waals surface area (Å²) < 4.78 is 7.69. The summed E-state index contributed by atoms with van der Waals surface area (Å²) in [7, 11) is 0. The molecule has 0 saturated heterocycles. The number of aromatic nitrogens is 2. The molecule has 1 aliphatic heterocycles. The molecule has 10 nitrogen and oxygen atoms in total. The maximum absolute atomic E-state index is 13.3. The minimum Gasteiger partial charge on any atom is -0.493 e. The smallest absolute Gasteiger partial charge is 0.303 e. The van der Waals surface area contributed by atoms with Gasteiger partial charge < -0.3 is 25.2 Å². The summed E-state index contributed by atoms with van der Waals surface area (Å²) in [6, 6.07) is 18.7. The van der Waals surface area contributed by atoms with Crippen LogP contribution in [0.3, 0.4) is 0 Å². The van der Waals surface area contributed by atoms with Crippen LogP contribution in [-0.2, 0) is 16.1 Å². The van der Waals surface area contributed by atoms with Crippen LogP contribution in [0.25, 0.3) is 11.1 Å². The van der Waals surface area contributed by atoms with Crippen molar-refractivity contribution in [3.05, 3.63) is 94.8 Å². The molecule has 1 atom stereocenters. The molecule has 2 heterocycles. The van der Waals surface area contributed by atoms with Crippen LogP contribution in [0.15, 0.2) is 78.0 Å². The number of carboxylic acids is 1. The topological polar surface area (TPSA) is 134 Å². The molecule has 47 heavy (non-hydrogen) atoms. The summed E-state index contributed by atoms with van der Waals surface area (Å²) in [5.74, 6) is 0.234. The molecule has 2 amide bonds. The van der Waals surface area contributed by atoms with Gasteiger partial charge in [0.15, 0.2) is 0 Å². The summed E-state index contributed by atoms with van der Waals surface area (Å²) in [5, 5.41) is 26.6. The van der Waals surface area contributed by atoms with Crippen LogP contribution in [0.4, 0.5) is 5.69 Å². The molecule has 1 aromatic heterocycles. The maximum atomic E-state index is 13.3. The van der Waals surface area contributed by atoms with Crippen LogP contribution in [-0.4, -0.2) is 69.3 Å². The van der Waals surface area contributed by atoms with E-state index in [1.807, 2.05) is 60.5 Å². The fraction of sp³-hybridized carbons (Fsp3) is 0.314. The number of carbonyl (C=O) groups is 3. The van der Waals surface area contributed by atoms with Gasteiger partial charge in [0.05, 0.1) is 31.1 Å². The monoisotopic (exact) mass is 676 g/mol. The van der Waals surface area contributed by atoms with Crippen molar-refractivity contribution in [1.29, 1.82) is 0 Å². The van der Waals surface area contributed by atoms with E-state index in [0.717, 1.165) is 44.3 Å². The first-order valence-electron chi connectivity index (χ1n) is 15.4. The van der Waals surface area contributed by atoms with Crippen molar-refractivity contribution in [1.82, 2.24) is 15.1 Å². The van der Waals surface area contributed by atoms with Gasteiger partial charge in [0.25, 0.3) is 5.91 Å². The first-order valence-corrected chi connectivity index (χ1v) is 16.8. The molecule has 1 unspecified atom stereocenters. The number of thioether (sulfide) groups is 1. The van der Waals surface area contributed by atoms with Crippen LogP contribution >= 0.6 is 23.4 Å². The van der Waals surface area contributed by atoms with E-state index < -0.39 is 12.1 Å². The first-order chi connectivity index (χ1) is 22.7. The van der Waals surface area contributed by atoms with Crippen molar-refractivity contribution in [2.75, 3.05) is 30.3 Å². The molecule has 0 bridgehead atoms. The highest BCUT2D eigenvalue weighted by atomic mass is 35.5. The fourth-order valence-electron chi connectivity index (χ4n) is 5.31. The Hall–Kier alpha value is -4.32. The Morgan fingerprint density at radius 1 is 1.11 bits per heavy atom. The quantitative estimate of drug-likeness (QED) is 0.143. The van der Waals surface area contributed by atoms with Gasteiger partial charge >= 0.3 is 5.97 Å². The average Bonchev–Trinajstić information content (AvgIpc) is 3.53. The zero-order valence-corrected chi connectivity index (χ0v) is 27.6. The van der Waals surface area contributed by atoms with Gasteiger partial charge in [-0.25, -0.2) is 0 Å². The Kier molecular flexibility index (Phi) is 11.6. The Morgan fingerprint density at radius 3 is 2.74 bits per heavy atom. The molecule has 0 radical (unpaired) electrons. The molecule has 0 fully saturated rings. The van der Waals surface area contributed by atoms with Crippen molar-refractivity contribution >= 4 is 46.8 Å². The van der Waals surface area contributed by atoms with Gasteiger partial charge in [0.2, 0.25) is 5.91 Å². The third-order valence-electron chi connectivity index (χ3n) is 7.83. The van der Waals surface area contributed by atoms with E-state index in [9.17, 15) is 19.5 Å². The fourth-order valence-corrected chi connectivity index (χ4v) is 6.62. The second kappa shape index (κ2) is 16.0. The number of ether oxygens (including phenoxy) is 1. The number of anilines is 1. The number of aliphatic carboxylic acids is 1. The van der Waals surface area contributed by atoms with Gasteiger partial charge in [-0.3, -0.25) is 19.1 Å². The van der Waals surface area contributed by atoms with Gasteiger partial charge in [-0.05, 0) is 55.7 Å². The van der Waals surface area contributed by atoms with Crippen LogP contribution in [0, 0.1) is 6.92 Å². The second-order valence-corrected chi connectivity index (χ2v) is 12.8. The van der Waals surface area contributed by atoms with E-state index in [2.05, 4.69) is 10.4 Å². The summed E-state index contributed by atoms with van der Waals surface area (Å²) in [5.41, 5.74) is 5.02. The number of nitrogens with zero attached hydrogens (tertiary/aromatic N) is 3. The number of aliphatic hydroxyl groups excluding tert-OH is 1. The number of halogens is 1. The molecule has 1 aliphatic rings. The largest absolute Gasteiger partial charge is 0.493 e. The number of hydrogen-bond acceptors (Lipinski definition) is 7. The standard InChI is InChI=1S/C35H37ClN4O6S/c1-23-29(36)9-4-11-31(23)46-16-5-12-32(42)40-15-17-47-34-28(8-3-10-30(34)40)26-19-38-39(22-26)21-24-6-2-7-25(18-24)35(45)37-20-27(41)13-14-33(43)44/h2-4,6-11,18-19,22,27,41H,5,12-17,20-21H2,1H3,(H,37,45)(H,43,44). The number of carboxylic acid groups (broad SMARTS) is 1. The summed E-state index contributed by atoms with van der Waals surface area (Å²) in [6.07, 6.45) is 3.69. The lowest BCUT2D eigenvalue weighted by atomic mass is 10.1. The number of carbonyl (C=O) groups excluding carboxylic acids is 2. The summed E-state index contributed by atoms with van der Waals surface area (Å²) in [4.78, 5) is 39.6. The summed E-state index contributed by atoms with van der Waals surface area (Å²) in [6.45, 7) is 3.38. The normalized spacial score (nSPS) is 13.1. The van der Waals surface area contributed by atoms with E-state index >= 15 is 0 Å². The molecule has 4 aromatic rings. The van der Waals surface area contributed by atoms with E-state index in [1.54, 1.807) is 40.8 Å². The third-order valence-corrected chi connectivity index (χ3v) is 9.34. The molecular formula is C35H37ClN4O6S. The molecule has 3 aromatic carbocycles. The Bertz CT molecular complexity index is 1740. The van der Waals surface area contributed by atoms with E-state index in [0.29, 0.717) is 43.1 Å². The lowest BCUT2D eigenvalue weighted by Crippen LogP contribution is -2.35. The van der Waals surface area contributed by atoms with Crippen molar-refractivity contribution in [2.24, 2.45) is 0 Å². The Labute approximate surface area is 282 Å². The highest BCUT2D eigenvalue weighted by molar-refractivity contribution is 7.99. The van der Waals surface area contributed by atoms with Gasteiger partial charge in [-0.15, -0.1) is 11.8 Å². The van der Waals surface area contributed by atoms with Crippen LogP contribution in [0.1, 0.15) is 47.2 Å². The highest BCUT2D eigenvalue weighted by Gasteiger charge is 2.25. The number of benzene rings is 3. The third kappa shape index (κ3) is 8.94. The van der Waals surface area contributed by atoms with Gasteiger partial charge in [0.1, 0.15) is 5.75 Å². The SMILES string of the molecule is Cc1c(Cl)cccc1OCCCC(=O)N1CCSc2c(-c3cnn(Cc4cccc(C(=O)NCC(O)CCC(=O)O)c4)c3)cccc21. The molecule has 0 aliphatic carbocycles. The number of hydrogen-bond donors (Lipinski definition) is 3. The Morgan fingerprint density at radius 2 is 1.91 bits per heavy atom.